The third-order valence-corrected chi connectivity index (χ3v) is 1.31. The average molecular weight is 148 g/mol. The van der Waals surface area contributed by atoms with Gasteiger partial charge in [-0.3, -0.25) is 5.41 Å². The highest BCUT2D eigenvalue weighted by Crippen LogP contribution is 2.11. The first-order valence-corrected chi connectivity index (χ1v) is 3.06. The van der Waals surface area contributed by atoms with Gasteiger partial charge in [-0.25, -0.2) is 5.53 Å². The third kappa shape index (κ3) is 1.61. The van der Waals surface area contributed by atoms with E-state index in [1.807, 2.05) is 0 Å². The van der Waals surface area contributed by atoms with Gasteiger partial charge in [-0.2, -0.15) is 5.11 Å². The number of hydrogen-bond acceptors (Lipinski definition) is 3. The molecule has 1 aromatic carbocycles. The fraction of sp³-hybridized carbons (Fsp3) is 0. The summed E-state index contributed by atoms with van der Waals surface area (Å²) in [6.45, 7) is 0. The minimum absolute atomic E-state index is 0.0292. The molecule has 0 spiro atoms. The van der Waals surface area contributed by atoms with Crippen LogP contribution < -0.4 is 5.73 Å². The molecule has 4 heteroatoms. The molecule has 0 aliphatic heterocycles. The summed E-state index contributed by atoms with van der Waals surface area (Å²) in [5, 5.41) is 10.3. The minimum atomic E-state index is 0.0292. The van der Waals surface area contributed by atoms with Gasteiger partial charge in [0.2, 0.25) is 0 Å². The Balaban J connectivity index is 3.00. The summed E-state index contributed by atoms with van der Waals surface area (Å²) in [6.07, 6.45) is 0. The van der Waals surface area contributed by atoms with E-state index in [1.165, 1.54) is 0 Å². The van der Waals surface area contributed by atoms with Crippen molar-refractivity contribution in [3.05, 3.63) is 29.8 Å². The molecule has 4 N–H and O–H groups in total. The van der Waals surface area contributed by atoms with E-state index in [1.54, 1.807) is 24.3 Å². The molecule has 0 atom stereocenters. The number of amidine groups is 1. The van der Waals surface area contributed by atoms with E-state index in [9.17, 15) is 0 Å². The predicted octanol–water partition coefficient (Wildman–Crippen LogP) is 1.63. The Kier molecular flexibility index (Phi) is 1.96. The maximum Gasteiger partial charge on any atom is 0.122 e. The number of hydrogen-bond donors (Lipinski definition) is 3. The lowest BCUT2D eigenvalue weighted by molar-refractivity contribution is 1.15. The van der Waals surface area contributed by atoms with Crippen LogP contribution in [0, 0.1) is 10.9 Å². The van der Waals surface area contributed by atoms with E-state index >= 15 is 0 Å². The van der Waals surface area contributed by atoms with Crippen molar-refractivity contribution in [2.45, 2.75) is 0 Å². The molecular formula is C7H8N4. The SMILES string of the molecule is N=Nc1ccc(C(=N)N)cc1. The Morgan fingerprint density at radius 3 is 2.18 bits per heavy atom. The molecule has 0 saturated carbocycles. The summed E-state index contributed by atoms with van der Waals surface area (Å²) < 4.78 is 0. The maximum atomic E-state index is 7.06. The Morgan fingerprint density at radius 2 is 1.82 bits per heavy atom. The molecule has 4 nitrogen and oxygen atoms in total. The molecule has 11 heavy (non-hydrogen) atoms. The van der Waals surface area contributed by atoms with Crippen molar-refractivity contribution < 1.29 is 0 Å². The zero-order valence-corrected chi connectivity index (χ0v) is 5.83. The van der Waals surface area contributed by atoms with E-state index in [2.05, 4.69) is 5.11 Å². The van der Waals surface area contributed by atoms with Gasteiger partial charge in [-0.1, -0.05) is 0 Å². The fourth-order valence-corrected chi connectivity index (χ4v) is 0.716. The van der Waals surface area contributed by atoms with E-state index in [-0.39, 0.29) is 5.84 Å². The van der Waals surface area contributed by atoms with Crippen LogP contribution in [-0.4, -0.2) is 5.84 Å². The molecule has 0 fully saturated rings. The standard InChI is InChI=1S/C7H8N4/c8-7(9)5-1-3-6(11-10)4-2-5/h1-4,10H,(H3,8,9). The van der Waals surface area contributed by atoms with Gasteiger partial charge >= 0.3 is 0 Å². The van der Waals surface area contributed by atoms with Crippen LogP contribution in [0.25, 0.3) is 0 Å². The van der Waals surface area contributed by atoms with Crippen LogP contribution in [0.4, 0.5) is 5.69 Å². The summed E-state index contributed by atoms with van der Waals surface area (Å²) in [7, 11) is 0. The normalized spacial score (nSPS) is 9.09. The zero-order valence-electron chi connectivity index (χ0n) is 5.83. The molecule has 0 aliphatic rings. The summed E-state index contributed by atoms with van der Waals surface area (Å²) in [4.78, 5) is 0. The number of rotatable bonds is 2. The number of nitrogens with two attached hydrogens (primary N) is 1. The maximum absolute atomic E-state index is 7.06. The molecule has 0 radical (unpaired) electrons. The van der Waals surface area contributed by atoms with Crippen molar-refractivity contribution in [1.29, 1.82) is 10.9 Å². The topological polar surface area (TPSA) is 86.1 Å². The monoisotopic (exact) mass is 148 g/mol. The van der Waals surface area contributed by atoms with E-state index in [0.717, 1.165) is 0 Å². The highest BCUT2D eigenvalue weighted by Gasteiger charge is 1.94. The van der Waals surface area contributed by atoms with Crippen LogP contribution in [0.5, 0.6) is 0 Å². The summed E-state index contributed by atoms with van der Waals surface area (Å²) in [5.74, 6) is 0.0292. The van der Waals surface area contributed by atoms with Gasteiger partial charge in [-0.05, 0) is 24.3 Å². The highest BCUT2D eigenvalue weighted by molar-refractivity contribution is 5.95. The van der Waals surface area contributed by atoms with Crippen molar-refractivity contribution in [3.63, 3.8) is 0 Å². The van der Waals surface area contributed by atoms with Gasteiger partial charge in [0, 0.05) is 5.56 Å². The fourth-order valence-electron chi connectivity index (χ4n) is 0.716. The van der Waals surface area contributed by atoms with Crippen molar-refractivity contribution in [2.24, 2.45) is 10.8 Å². The number of nitrogens with one attached hydrogen (secondary N) is 2. The second-order valence-corrected chi connectivity index (χ2v) is 2.07. The van der Waals surface area contributed by atoms with Crippen LogP contribution >= 0.6 is 0 Å². The molecule has 1 rings (SSSR count). The lowest BCUT2D eigenvalue weighted by Crippen LogP contribution is -2.10. The first kappa shape index (κ1) is 7.40. The Labute approximate surface area is 64.1 Å². The molecule has 0 amide bonds. The average Bonchev–Trinajstić information content (AvgIpc) is 2.05. The van der Waals surface area contributed by atoms with Crippen LogP contribution in [0.1, 0.15) is 5.56 Å². The molecular weight excluding hydrogens is 140 g/mol. The van der Waals surface area contributed by atoms with Crippen molar-refractivity contribution in [1.82, 2.24) is 0 Å². The molecule has 0 aliphatic carbocycles. The molecule has 0 saturated heterocycles. The lowest BCUT2D eigenvalue weighted by atomic mass is 10.2. The quantitative estimate of drug-likeness (QED) is 0.332. The summed E-state index contributed by atoms with van der Waals surface area (Å²) in [5.41, 5.74) is 13.1. The van der Waals surface area contributed by atoms with E-state index in [0.29, 0.717) is 11.3 Å². The van der Waals surface area contributed by atoms with Gasteiger partial charge < -0.3 is 5.73 Å². The first-order valence-electron chi connectivity index (χ1n) is 3.06. The van der Waals surface area contributed by atoms with Gasteiger partial charge in [0.05, 0.1) is 5.69 Å². The molecule has 0 aromatic heterocycles. The van der Waals surface area contributed by atoms with E-state index in [4.69, 9.17) is 16.7 Å². The minimum Gasteiger partial charge on any atom is -0.384 e. The number of nitrogens with zero attached hydrogens (tertiary/aromatic N) is 1. The van der Waals surface area contributed by atoms with Crippen molar-refractivity contribution in [2.75, 3.05) is 0 Å². The zero-order chi connectivity index (χ0) is 8.27. The smallest absolute Gasteiger partial charge is 0.122 e. The van der Waals surface area contributed by atoms with Gasteiger partial charge in [0.15, 0.2) is 0 Å². The first-order chi connectivity index (χ1) is 5.24. The summed E-state index contributed by atoms with van der Waals surface area (Å²) in [6, 6.07) is 6.61. The molecule has 56 valence electrons. The Morgan fingerprint density at radius 1 is 1.27 bits per heavy atom. The number of nitrogen functional groups attached to an aromatic ring is 1. The van der Waals surface area contributed by atoms with E-state index < -0.39 is 0 Å². The lowest BCUT2D eigenvalue weighted by Gasteiger charge is -1.96. The molecule has 1 aromatic rings. The van der Waals surface area contributed by atoms with Gasteiger partial charge in [0.1, 0.15) is 5.84 Å². The predicted molar refractivity (Wildman–Crippen MR) is 42.3 cm³/mol. The summed E-state index contributed by atoms with van der Waals surface area (Å²) >= 11 is 0. The second kappa shape index (κ2) is 2.92. The highest BCUT2D eigenvalue weighted by atomic mass is 15.0. The van der Waals surface area contributed by atoms with Crippen molar-refractivity contribution >= 4 is 11.5 Å². The van der Waals surface area contributed by atoms with Gasteiger partial charge in [0.25, 0.3) is 0 Å². The van der Waals surface area contributed by atoms with Crippen molar-refractivity contribution in [3.8, 4) is 0 Å². The number of benzene rings is 1. The van der Waals surface area contributed by atoms with Gasteiger partial charge in [-0.15, -0.1) is 0 Å². The molecule has 0 heterocycles. The Hall–Kier alpha value is -1.71. The van der Waals surface area contributed by atoms with Crippen LogP contribution in [0.15, 0.2) is 29.4 Å². The van der Waals surface area contributed by atoms with Crippen LogP contribution in [0.2, 0.25) is 0 Å². The largest absolute Gasteiger partial charge is 0.384 e. The Bertz CT molecular complexity index is 275. The van der Waals surface area contributed by atoms with Crippen LogP contribution in [0.3, 0.4) is 0 Å². The third-order valence-electron chi connectivity index (χ3n) is 1.31. The molecule has 0 unspecified atom stereocenters. The second-order valence-electron chi connectivity index (χ2n) is 2.07. The molecule has 0 bridgehead atoms. The van der Waals surface area contributed by atoms with Crippen LogP contribution in [-0.2, 0) is 0 Å².